The average molecular weight is 324 g/mol. The molecule has 0 saturated carbocycles. The minimum absolute atomic E-state index is 0.0466. The van der Waals surface area contributed by atoms with Gasteiger partial charge in [0.2, 0.25) is 5.43 Å². The lowest BCUT2D eigenvalue weighted by atomic mass is 10.1. The van der Waals surface area contributed by atoms with E-state index < -0.39 is 5.97 Å². The summed E-state index contributed by atoms with van der Waals surface area (Å²) in [6.45, 7) is 1.96. The number of alkyl halides is 1. The number of carbonyl (C=O) groups excluding carboxylic acids is 1. The summed E-state index contributed by atoms with van der Waals surface area (Å²) in [5.41, 5.74) is 1.53. The van der Waals surface area contributed by atoms with Crippen molar-refractivity contribution in [2.24, 2.45) is 0 Å². The van der Waals surface area contributed by atoms with Crippen molar-refractivity contribution in [3.63, 3.8) is 0 Å². The second kappa shape index (κ2) is 6.02. The molecule has 0 spiro atoms. The third kappa shape index (κ3) is 2.87. The van der Waals surface area contributed by atoms with Gasteiger partial charge in [-0.25, -0.2) is 4.79 Å². The highest BCUT2D eigenvalue weighted by Crippen LogP contribution is 2.13. The van der Waals surface area contributed by atoms with Gasteiger partial charge in [0.15, 0.2) is 0 Å². The number of pyridine rings is 1. The van der Waals surface area contributed by atoms with E-state index in [0.29, 0.717) is 5.39 Å². The van der Waals surface area contributed by atoms with E-state index in [0.717, 1.165) is 22.8 Å². The molecule has 2 rings (SSSR count). The van der Waals surface area contributed by atoms with Crippen LogP contribution in [0.3, 0.4) is 0 Å². The zero-order valence-corrected chi connectivity index (χ0v) is 12.1. The van der Waals surface area contributed by atoms with Crippen molar-refractivity contribution in [1.29, 1.82) is 0 Å². The molecule has 0 unspecified atom stereocenters. The van der Waals surface area contributed by atoms with Crippen LogP contribution in [0.2, 0.25) is 0 Å². The first kappa shape index (κ1) is 13.8. The number of rotatable bonds is 4. The zero-order valence-electron chi connectivity index (χ0n) is 10.5. The van der Waals surface area contributed by atoms with E-state index in [9.17, 15) is 9.59 Å². The van der Waals surface area contributed by atoms with Gasteiger partial charge in [0, 0.05) is 22.4 Å². The third-order valence-electron chi connectivity index (χ3n) is 2.82. The van der Waals surface area contributed by atoms with Crippen LogP contribution in [0, 0.1) is 0 Å². The maximum absolute atomic E-state index is 12.3. The average Bonchev–Trinajstić information content (AvgIpc) is 2.40. The minimum Gasteiger partial charge on any atom is -0.462 e. The number of aromatic amines is 1. The summed E-state index contributed by atoms with van der Waals surface area (Å²) in [5.74, 6) is -0.587. The Bertz CT molecular complexity index is 663. The quantitative estimate of drug-likeness (QED) is 0.695. The number of carbonyl (C=O) groups is 1. The standard InChI is InChI=1S/C14H14BrNO3/c1-2-19-14(18)11-8-16-12-4-3-9(5-6-15)7-10(12)13(11)17/h3-4,7-8H,2,5-6H2,1H3,(H,16,17). The van der Waals surface area contributed by atoms with Gasteiger partial charge < -0.3 is 9.72 Å². The predicted octanol–water partition coefficient (Wildman–Crippen LogP) is 2.64. The van der Waals surface area contributed by atoms with Crippen molar-refractivity contribution in [1.82, 2.24) is 4.98 Å². The van der Waals surface area contributed by atoms with E-state index in [1.165, 1.54) is 6.20 Å². The highest BCUT2D eigenvalue weighted by Gasteiger charge is 2.13. The summed E-state index contributed by atoms with van der Waals surface area (Å²) >= 11 is 3.37. The van der Waals surface area contributed by atoms with Crippen molar-refractivity contribution in [3.8, 4) is 0 Å². The molecule has 0 bridgehead atoms. The Balaban J connectivity index is 2.55. The molecule has 0 aliphatic carbocycles. The van der Waals surface area contributed by atoms with Crippen LogP contribution >= 0.6 is 15.9 Å². The monoisotopic (exact) mass is 323 g/mol. The molecule has 0 atom stereocenters. The Hall–Kier alpha value is -1.62. The van der Waals surface area contributed by atoms with Gasteiger partial charge in [-0.05, 0) is 31.0 Å². The van der Waals surface area contributed by atoms with E-state index >= 15 is 0 Å². The fourth-order valence-corrected chi connectivity index (χ4v) is 2.35. The van der Waals surface area contributed by atoms with Crippen LogP contribution in [-0.4, -0.2) is 22.9 Å². The highest BCUT2D eigenvalue weighted by atomic mass is 79.9. The zero-order chi connectivity index (χ0) is 13.8. The third-order valence-corrected chi connectivity index (χ3v) is 3.22. The first-order valence-corrected chi connectivity index (χ1v) is 7.17. The van der Waals surface area contributed by atoms with Gasteiger partial charge in [-0.2, -0.15) is 0 Å². The lowest BCUT2D eigenvalue weighted by Crippen LogP contribution is -2.18. The lowest BCUT2D eigenvalue weighted by Gasteiger charge is -2.05. The van der Waals surface area contributed by atoms with Crippen LogP contribution in [0.4, 0.5) is 0 Å². The number of hydrogen-bond donors (Lipinski definition) is 1. The van der Waals surface area contributed by atoms with Crippen LogP contribution < -0.4 is 5.43 Å². The summed E-state index contributed by atoms with van der Waals surface area (Å²) in [6, 6.07) is 5.63. The van der Waals surface area contributed by atoms with Gasteiger partial charge in [-0.1, -0.05) is 22.0 Å². The summed E-state index contributed by atoms with van der Waals surface area (Å²) in [7, 11) is 0. The summed E-state index contributed by atoms with van der Waals surface area (Å²) in [4.78, 5) is 26.9. The number of H-pyrrole nitrogens is 1. The number of aromatic nitrogens is 1. The Morgan fingerprint density at radius 2 is 2.21 bits per heavy atom. The number of halogens is 1. The first-order chi connectivity index (χ1) is 9.17. The minimum atomic E-state index is -0.587. The van der Waals surface area contributed by atoms with Crippen molar-refractivity contribution < 1.29 is 9.53 Å². The number of fused-ring (bicyclic) bond motifs is 1. The Kier molecular flexibility index (Phi) is 4.37. The van der Waals surface area contributed by atoms with E-state index in [2.05, 4.69) is 20.9 Å². The molecular weight excluding hydrogens is 310 g/mol. The molecule has 0 amide bonds. The Morgan fingerprint density at radius 1 is 1.42 bits per heavy atom. The predicted molar refractivity (Wildman–Crippen MR) is 78.0 cm³/mol. The van der Waals surface area contributed by atoms with Crippen molar-refractivity contribution in [2.45, 2.75) is 13.3 Å². The topological polar surface area (TPSA) is 59.2 Å². The molecule has 1 heterocycles. The van der Waals surface area contributed by atoms with Crippen molar-refractivity contribution in [2.75, 3.05) is 11.9 Å². The van der Waals surface area contributed by atoms with Gasteiger partial charge in [0.05, 0.1) is 6.61 Å². The van der Waals surface area contributed by atoms with Crippen molar-refractivity contribution >= 4 is 32.8 Å². The van der Waals surface area contributed by atoms with Crippen molar-refractivity contribution in [3.05, 3.63) is 45.7 Å². The van der Waals surface area contributed by atoms with Gasteiger partial charge in [-0.15, -0.1) is 0 Å². The molecule has 1 N–H and O–H groups in total. The van der Waals surface area contributed by atoms with Gasteiger partial charge >= 0.3 is 5.97 Å². The SMILES string of the molecule is CCOC(=O)c1c[nH]c2ccc(CCBr)cc2c1=O. The fraction of sp³-hybridized carbons (Fsp3) is 0.286. The molecule has 1 aromatic heterocycles. The lowest BCUT2D eigenvalue weighted by molar-refractivity contribution is 0.0524. The molecular formula is C14H14BrNO3. The molecule has 0 fully saturated rings. The smallest absolute Gasteiger partial charge is 0.343 e. The number of ether oxygens (including phenoxy) is 1. The van der Waals surface area contributed by atoms with E-state index in [1.54, 1.807) is 6.92 Å². The first-order valence-electron chi connectivity index (χ1n) is 6.04. The fourth-order valence-electron chi connectivity index (χ4n) is 1.89. The second-order valence-corrected chi connectivity index (χ2v) is 4.86. The molecule has 0 saturated heterocycles. The molecule has 4 nitrogen and oxygen atoms in total. The van der Waals surface area contributed by atoms with Gasteiger partial charge in [0.25, 0.3) is 0 Å². The van der Waals surface area contributed by atoms with E-state index in [-0.39, 0.29) is 17.6 Å². The summed E-state index contributed by atoms with van der Waals surface area (Å²) in [6.07, 6.45) is 2.24. The number of nitrogens with one attached hydrogen (secondary N) is 1. The maximum Gasteiger partial charge on any atom is 0.343 e. The number of hydrogen-bond acceptors (Lipinski definition) is 3. The van der Waals surface area contributed by atoms with Gasteiger partial charge in [-0.3, -0.25) is 4.79 Å². The Morgan fingerprint density at radius 3 is 2.89 bits per heavy atom. The normalized spacial score (nSPS) is 10.6. The highest BCUT2D eigenvalue weighted by molar-refractivity contribution is 9.09. The number of esters is 1. The van der Waals surface area contributed by atoms with E-state index in [4.69, 9.17) is 4.74 Å². The van der Waals surface area contributed by atoms with Crippen LogP contribution in [0.25, 0.3) is 10.9 Å². The summed E-state index contributed by atoms with van der Waals surface area (Å²) < 4.78 is 4.87. The molecule has 19 heavy (non-hydrogen) atoms. The maximum atomic E-state index is 12.3. The molecule has 1 aromatic carbocycles. The molecule has 0 aliphatic heterocycles. The molecule has 2 aromatic rings. The largest absolute Gasteiger partial charge is 0.462 e. The summed E-state index contributed by atoms with van der Waals surface area (Å²) in [5, 5.41) is 1.34. The van der Waals surface area contributed by atoms with E-state index in [1.807, 2.05) is 18.2 Å². The molecule has 100 valence electrons. The molecule has 0 radical (unpaired) electrons. The Labute approximate surface area is 118 Å². The molecule has 5 heteroatoms. The van der Waals surface area contributed by atoms with Gasteiger partial charge in [0.1, 0.15) is 5.56 Å². The molecule has 0 aliphatic rings. The van der Waals surface area contributed by atoms with Crippen LogP contribution in [-0.2, 0) is 11.2 Å². The number of aryl methyl sites for hydroxylation is 1. The van der Waals surface area contributed by atoms with Crippen LogP contribution in [0.5, 0.6) is 0 Å². The van der Waals surface area contributed by atoms with Crippen LogP contribution in [0.1, 0.15) is 22.8 Å². The second-order valence-electron chi connectivity index (χ2n) is 4.07. The van der Waals surface area contributed by atoms with Crippen LogP contribution in [0.15, 0.2) is 29.2 Å². The number of benzene rings is 1.